The van der Waals surface area contributed by atoms with Crippen molar-refractivity contribution in [2.45, 2.75) is 6.42 Å². The number of benzene rings is 1. The van der Waals surface area contributed by atoms with Gasteiger partial charge in [0, 0.05) is 5.39 Å². The molecule has 0 saturated heterocycles. The van der Waals surface area contributed by atoms with Gasteiger partial charge in [-0.05, 0) is 17.7 Å². The van der Waals surface area contributed by atoms with E-state index in [-0.39, 0.29) is 12.4 Å². The van der Waals surface area contributed by atoms with Gasteiger partial charge in [0.1, 0.15) is 16.4 Å². The van der Waals surface area contributed by atoms with Gasteiger partial charge in [-0.25, -0.2) is 4.98 Å². The van der Waals surface area contributed by atoms with E-state index in [1.807, 2.05) is 12.1 Å². The maximum Gasteiger partial charge on any atom is 0.310 e. The standard InChI is InChI=1S/C13H12ClNO3/c1-17-10-5-3-4-9-8(7-12(16)18-2)6-11(14)15-13(9)10/h3-6H,7H2,1-2H3. The van der Waals surface area contributed by atoms with E-state index in [0.29, 0.717) is 16.4 Å². The van der Waals surface area contributed by atoms with E-state index < -0.39 is 0 Å². The number of carbonyl (C=O) groups excluding carboxylic acids is 1. The number of ether oxygens (including phenoxy) is 2. The molecular weight excluding hydrogens is 254 g/mol. The third-order valence-electron chi connectivity index (χ3n) is 2.64. The quantitative estimate of drug-likeness (QED) is 0.632. The second kappa shape index (κ2) is 5.23. The number of rotatable bonds is 3. The maximum absolute atomic E-state index is 11.4. The van der Waals surface area contributed by atoms with E-state index in [1.165, 1.54) is 7.11 Å². The molecular formula is C13H12ClNO3. The Labute approximate surface area is 109 Å². The zero-order valence-corrected chi connectivity index (χ0v) is 10.8. The van der Waals surface area contributed by atoms with E-state index in [2.05, 4.69) is 9.72 Å². The van der Waals surface area contributed by atoms with Crippen molar-refractivity contribution in [2.24, 2.45) is 0 Å². The van der Waals surface area contributed by atoms with Crippen LogP contribution in [0.3, 0.4) is 0 Å². The number of aromatic nitrogens is 1. The van der Waals surface area contributed by atoms with Crippen LogP contribution in [0.2, 0.25) is 5.15 Å². The monoisotopic (exact) mass is 265 g/mol. The minimum Gasteiger partial charge on any atom is -0.494 e. The summed E-state index contributed by atoms with van der Waals surface area (Å²) in [4.78, 5) is 15.6. The lowest BCUT2D eigenvalue weighted by molar-refractivity contribution is -0.139. The van der Waals surface area contributed by atoms with Gasteiger partial charge < -0.3 is 9.47 Å². The summed E-state index contributed by atoms with van der Waals surface area (Å²) in [5, 5.41) is 1.16. The number of pyridine rings is 1. The zero-order valence-electron chi connectivity index (χ0n) is 10.1. The van der Waals surface area contributed by atoms with Crippen molar-refractivity contribution < 1.29 is 14.3 Å². The highest BCUT2D eigenvalue weighted by molar-refractivity contribution is 6.30. The first-order valence-electron chi connectivity index (χ1n) is 5.34. The van der Waals surface area contributed by atoms with Crippen LogP contribution in [0, 0.1) is 0 Å². The second-order valence-electron chi connectivity index (χ2n) is 3.71. The van der Waals surface area contributed by atoms with Gasteiger partial charge in [0.25, 0.3) is 0 Å². The molecule has 94 valence electrons. The fraction of sp³-hybridized carbons (Fsp3) is 0.231. The minimum atomic E-state index is -0.318. The molecule has 0 aliphatic carbocycles. The minimum absolute atomic E-state index is 0.155. The van der Waals surface area contributed by atoms with E-state index >= 15 is 0 Å². The smallest absolute Gasteiger partial charge is 0.310 e. The molecule has 0 aliphatic heterocycles. The fourth-order valence-electron chi connectivity index (χ4n) is 1.80. The number of hydrogen-bond donors (Lipinski definition) is 0. The van der Waals surface area contributed by atoms with Gasteiger partial charge in [0.2, 0.25) is 0 Å². The van der Waals surface area contributed by atoms with Crippen LogP contribution in [0.15, 0.2) is 24.3 Å². The Balaban J connectivity index is 2.62. The maximum atomic E-state index is 11.4. The Hall–Kier alpha value is -1.81. The lowest BCUT2D eigenvalue weighted by Crippen LogP contribution is -2.05. The Morgan fingerprint density at radius 3 is 2.83 bits per heavy atom. The number of hydrogen-bond acceptors (Lipinski definition) is 4. The summed E-state index contributed by atoms with van der Waals surface area (Å²) in [6.45, 7) is 0. The first kappa shape index (κ1) is 12.6. The van der Waals surface area contributed by atoms with Gasteiger partial charge in [-0.3, -0.25) is 4.79 Å². The second-order valence-corrected chi connectivity index (χ2v) is 4.10. The largest absolute Gasteiger partial charge is 0.494 e. The first-order chi connectivity index (χ1) is 8.65. The Bertz CT molecular complexity index is 598. The molecule has 0 spiro atoms. The average Bonchev–Trinajstić information content (AvgIpc) is 2.37. The molecule has 1 aromatic heterocycles. The van der Waals surface area contributed by atoms with Crippen molar-refractivity contribution >= 4 is 28.5 Å². The normalized spacial score (nSPS) is 10.4. The molecule has 0 bridgehead atoms. The van der Waals surface area contributed by atoms with Crippen LogP contribution < -0.4 is 4.74 Å². The zero-order chi connectivity index (χ0) is 13.1. The average molecular weight is 266 g/mol. The number of methoxy groups -OCH3 is 2. The van der Waals surface area contributed by atoms with Crippen LogP contribution >= 0.6 is 11.6 Å². The molecule has 0 aliphatic rings. The van der Waals surface area contributed by atoms with Crippen LogP contribution in [0.4, 0.5) is 0 Å². The fourth-order valence-corrected chi connectivity index (χ4v) is 2.01. The topological polar surface area (TPSA) is 48.4 Å². The van der Waals surface area contributed by atoms with Crippen molar-refractivity contribution in [1.82, 2.24) is 4.98 Å². The number of halogens is 1. The van der Waals surface area contributed by atoms with Crippen molar-refractivity contribution in [2.75, 3.05) is 14.2 Å². The highest BCUT2D eigenvalue weighted by Crippen LogP contribution is 2.28. The van der Waals surface area contributed by atoms with Crippen LogP contribution in [-0.2, 0) is 16.0 Å². The molecule has 0 unspecified atom stereocenters. The Morgan fingerprint density at radius 1 is 1.39 bits per heavy atom. The third kappa shape index (κ3) is 2.38. The lowest BCUT2D eigenvalue weighted by atomic mass is 10.1. The summed E-state index contributed by atoms with van der Waals surface area (Å²) in [5.74, 6) is 0.308. The molecule has 2 rings (SSSR count). The Morgan fingerprint density at radius 2 is 2.17 bits per heavy atom. The van der Waals surface area contributed by atoms with Crippen LogP contribution in [0.5, 0.6) is 5.75 Å². The molecule has 0 amide bonds. The number of nitrogens with zero attached hydrogens (tertiary/aromatic N) is 1. The summed E-state index contributed by atoms with van der Waals surface area (Å²) in [6.07, 6.45) is 0.155. The lowest BCUT2D eigenvalue weighted by Gasteiger charge is -2.09. The van der Waals surface area contributed by atoms with Gasteiger partial charge in [0.05, 0.1) is 20.6 Å². The van der Waals surface area contributed by atoms with Gasteiger partial charge >= 0.3 is 5.97 Å². The SMILES string of the molecule is COC(=O)Cc1cc(Cl)nc2c(OC)cccc12. The number of fused-ring (bicyclic) bond motifs is 1. The predicted molar refractivity (Wildman–Crippen MR) is 69.0 cm³/mol. The molecule has 0 atom stereocenters. The van der Waals surface area contributed by atoms with Gasteiger partial charge in [-0.1, -0.05) is 23.7 Å². The van der Waals surface area contributed by atoms with Crippen LogP contribution in [-0.4, -0.2) is 25.2 Å². The summed E-state index contributed by atoms with van der Waals surface area (Å²) < 4.78 is 9.90. The van der Waals surface area contributed by atoms with E-state index in [1.54, 1.807) is 19.2 Å². The molecule has 0 N–H and O–H groups in total. The van der Waals surface area contributed by atoms with Gasteiger partial charge in [-0.15, -0.1) is 0 Å². The molecule has 1 aromatic carbocycles. The van der Waals surface area contributed by atoms with E-state index in [0.717, 1.165) is 10.9 Å². The van der Waals surface area contributed by atoms with Crippen molar-refractivity contribution in [1.29, 1.82) is 0 Å². The summed E-state index contributed by atoms with van der Waals surface area (Å²) >= 11 is 5.96. The molecule has 0 fully saturated rings. The third-order valence-corrected chi connectivity index (χ3v) is 2.83. The molecule has 0 radical (unpaired) electrons. The van der Waals surface area contributed by atoms with Crippen molar-refractivity contribution in [3.8, 4) is 5.75 Å². The number of carbonyl (C=O) groups is 1. The molecule has 4 nitrogen and oxygen atoms in total. The number of esters is 1. The predicted octanol–water partition coefficient (Wildman–Crippen LogP) is 2.61. The van der Waals surface area contributed by atoms with Gasteiger partial charge in [-0.2, -0.15) is 0 Å². The number of para-hydroxylation sites is 1. The molecule has 1 heterocycles. The molecule has 18 heavy (non-hydrogen) atoms. The van der Waals surface area contributed by atoms with Crippen molar-refractivity contribution in [3.63, 3.8) is 0 Å². The van der Waals surface area contributed by atoms with Gasteiger partial charge in [0.15, 0.2) is 0 Å². The summed E-state index contributed by atoms with van der Waals surface area (Å²) in [7, 11) is 2.92. The van der Waals surface area contributed by atoms with E-state index in [9.17, 15) is 4.79 Å². The van der Waals surface area contributed by atoms with Crippen molar-refractivity contribution in [3.05, 3.63) is 35.0 Å². The summed E-state index contributed by atoms with van der Waals surface area (Å²) in [5.41, 5.74) is 1.42. The molecule has 2 aromatic rings. The van der Waals surface area contributed by atoms with E-state index in [4.69, 9.17) is 16.3 Å². The molecule has 0 saturated carbocycles. The summed E-state index contributed by atoms with van der Waals surface area (Å²) in [6, 6.07) is 7.19. The highest BCUT2D eigenvalue weighted by atomic mass is 35.5. The van der Waals surface area contributed by atoms with Crippen LogP contribution in [0.25, 0.3) is 10.9 Å². The molecule has 5 heteroatoms. The van der Waals surface area contributed by atoms with Crippen LogP contribution in [0.1, 0.15) is 5.56 Å². The Kier molecular flexibility index (Phi) is 3.67. The highest BCUT2D eigenvalue weighted by Gasteiger charge is 2.12. The first-order valence-corrected chi connectivity index (χ1v) is 5.72.